The molecular weight excluding hydrogens is 332 g/mol. The number of benzene rings is 1. The number of nitrogens with two attached hydrogens (primary N) is 1. The lowest BCUT2D eigenvalue weighted by Gasteiger charge is -2.44. The number of anilines is 2. The maximum atomic E-state index is 11.5. The molecule has 1 atom stereocenters. The number of nitrogens with zero attached hydrogens (tertiary/aromatic N) is 2. The average Bonchev–Trinajstić information content (AvgIpc) is 2.82. The first-order valence-corrected chi connectivity index (χ1v) is 9.52. The summed E-state index contributed by atoms with van der Waals surface area (Å²) in [6, 6.07) is 5.23. The van der Waals surface area contributed by atoms with E-state index >= 15 is 0 Å². The Kier molecular flexibility index (Phi) is 3.88. The average molecular weight is 354 g/mol. The topological polar surface area (TPSA) is 105 Å². The van der Waals surface area contributed by atoms with Gasteiger partial charge < -0.3 is 15.4 Å². The Morgan fingerprint density at radius 3 is 2.79 bits per heavy atom. The first-order chi connectivity index (χ1) is 11.0. The van der Waals surface area contributed by atoms with Gasteiger partial charge in [-0.05, 0) is 32.0 Å². The fourth-order valence-electron chi connectivity index (χ4n) is 3.35. The van der Waals surface area contributed by atoms with Gasteiger partial charge in [0.2, 0.25) is 15.9 Å². The molecule has 2 aliphatic heterocycles. The maximum Gasteiger partial charge on any atom is 0.231 e. The van der Waals surface area contributed by atoms with Gasteiger partial charge in [0.05, 0.1) is 36.9 Å². The van der Waals surface area contributed by atoms with Crippen molar-refractivity contribution in [2.75, 3.05) is 35.6 Å². The number of ether oxygens (including phenoxy) is 1. The molecule has 0 bridgehead atoms. The van der Waals surface area contributed by atoms with E-state index in [2.05, 4.69) is 9.62 Å². The van der Waals surface area contributed by atoms with Gasteiger partial charge in [-0.3, -0.25) is 14.4 Å². The van der Waals surface area contributed by atoms with Gasteiger partial charge in [0, 0.05) is 6.54 Å². The predicted molar refractivity (Wildman–Crippen MR) is 91.5 cm³/mol. The summed E-state index contributed by atoms with van der Waals surface area (Å²) in [6.07, 6.45) is 1.11. The highest BCUT2D eigenvalue weighted by Gasteiger charge is 2.47. The molecule has 0 aromatic heterocycles. The van der Waals surface area contributed by atoms with E-state index in [1.165, 1.54) is 0 Å². The van der Waals surface area contributed by atoms with E-state index in [0.29, 0.717) is 24.7 Å². The molecule has 2 aliphatic rings. The van der Waals surface area contributed by atoms with E-state index in [0.717, 1.165) is 11.9 Å². The fraction of sp³-hybridized carbons (Fsp3) is 0.533. The van der Waals surface area contributed by atoms with E-state index < -0.39 is 15.6 Å². The van der Waals surface area contributed by atoms with Crippen LogP contribution in [0.4, 0.5) is 11.4 Å². The largest absolute Gasteiger partial charge is 0.483 e. The number of carbonyl (C=O) groups excluding carboxylic acids is 1. The number of primary amides is 1. The first-order valence-electron chi connectivity index (χ1n) is 7.63. The molecule has 0 saturated carbocycles. The second-order valence-corrected chi connectivity index (χ2v) is 8.62. The Morgan fingerprint density at radius 2 is 2.17 bits per heavy atom. The van der Waals surface area contributed by atoms with Crippen molar-refractivity contribution in [2.45, 2.75) is 25.5 Å². The van der Waals surface area contributed by atoms with Crippen LogP contribution in [-0.4, -0.2) is 56.9 Å². The van der Waals surface area contributed by atoms with Crippen molar-refractivity contribution in [1.82, 2.24) is 4.90 Å². The highest BCUT2D eigenvalue weighted by molar-refractivity contribution is 7.92. The molecule has 0 radical (unpaired) electrons. The van der Waals surface area contributed by atoms with Crippen LogP contribution in [0.5, 0.6) is 5.75 Å². The number of rotatable bonds is 4. The molecule has 1 saturated heterocycles. The number of hydrogen-bond acceptors (Lipinski definition) is 6. The molecule has 1 aromatic carbocycles. The van der Waals surface area contributed by atoms with E-state index in [4.69, 9.17) is 10.5 Å². The van der Waals surface area contributed by atoms with Crippen LogP contribution in [0.25, 0.3) is 0 Å². The SMILES string of the molecule is CC1(C)Oc2ccc(NS(C)(=O)=O)cc2N2CN(CC(N)=O)CC21. The van der Waals surface area contributed by atoms with E-state index in [1.807, 2.05) is 18.7 Å². The Balaban J connectivity index is 1.95. The molecule has 1 amide bonds. The van der Waals surface area contributed by atoms with Crippen LogP contribution in [0.3, 0.4) is 0 Å². The van der Waals surface area contributed by atoms with Crippen LogP contribution in [-0.2, 0) is 14.8 Å². The zero-order chi connectivity index (χ0) is 17.7. The fourth-order valence-corrected chi connectivity index (χ4v) is 3.90. The van der Waals surface area contributed by atoms with E-state index in [-0.39, 0.29) is 18.5 Å². The van der Waals surface area contributed by atoms with Crippen molar-refractivity contribution in [3.05, 3.63) is 18.2 Å². The predicted octanol–water partition coefficient (Wildman–Crippen LogP) is 0.163. The third-order valence-electron chi connectivity index (χ3n) is 4.29. The number of hydrogen-bond donors (Lipinski definition) is 2. The van der Waals surface area contributed by atoms with Crippen LogP contribution in [0.1, 0.15) is 13.8 Å². The molecule has 3 N–H and O–H groups in total. The van der Waals surface area contributed by atoms with Crippen molar-refractivity contribution in [3.8, 4) is 5.75 Å². The lowest BCUT2D eigenvalue weighted by molar-refractivity contribution is -0.118. The Morgan fingerprint density at radius 1 is 1.46 bits per heavy atom. The highest BCUT2D eigenvalue weighted by Crippen LogP contribution is 2.44. The third-order valence-corrected chi connectivity index (χ3v) is 4.89. The standard InChI is InChI=1S/C15H22N4O4S/c1-15(2)13-7-18(8-14(16)20)9-19(13)11-6-10(17-24(3,21)22)4-5-12(11)23-15/h4-6,13,17H,7-9H2,1-3H3,(H2,16,20). The van der Waals surface area contributed by atoms with Crippen LogP contribution in [0.2, 0.25) is 0 Å². The summed E-state index contributed by atoms with van der Waals surface area (Å²) in [7, 11) is -3.36. The zero-order valence-electron chi connectivity index (χ0n) is 13.9. The van der Waals surface area contributed by atoms with Gasteiger partial charge in [0.15, 0.2) is 0 Å². The van der Waals surface area contributed by atoms with Gasteiger partial charge in [-0.25, -0.2) is 8.42 Å². The quantitative estimate of drug-likeness (QED) is 0.798. The van der Waals surface area contributed by atoms with Gasteiger partial charge >= 0.3 is 0 Å². The van der Waals surface area contributed by atoms with Gasteiger partial charge in [-0.2, -0.15) is 0 Å². The van der Waals surface area contributed by atoms with E-state index in [9.17, 15) is 13.2 Å². The summed E-state index contributed by atoms with van der Waals surface area (Å²) in [5.74, 6) is 0.317. The Hall–Kier alpha value is -2.00. The van der Waals surface area contributed by atoms with Crippen molar-refractivity contribution < 1.29 is 17.9 Å². The van der Waals surface area contributed by atoms with Crippen LogP contribution in [0.15, 0.2) is 18.2 Å². The van der Waals surface area contributed by atoms with Crippen LogP contribution < -0.4 is 20.1 Å². The molecule has 8 nitrogen and oxygen atoms in total. The Labute approximate surface area is 141 Å². The molecule has 24 heavy (non-hydrogen) atoms. The van der Waals surface area contributed by atoms with Crippen LogP contribution >= 0.6 is 0 Å². The minimum atomic E-state index is -3.36. The molecule has 2 heterocycles. The zero-order valence-corrected chi connectivity index (χ0v) is 14.8. The smallest absolute Gasteiger partial charge is 0.231 e. The lowest BCUT2D eigenvalue weighted by atomic mass is 9.95. The highest BCUT2D eigenvalue weighted by atomic mass is 32.2. The summed E-state index contributed by atoms with van der Waals surface area (Å²) in [6.45, 7) is 5.38. The number of nitrogens with one attached hydrogen (secondary N) is 1. The molecule has 9 heteroatoms. The normalized spacial score (nSPS) is 22.5. The van der Waals surface area contributed by atoms with Crippen LogP contribution in [0, 0.1) is 0 Å². The molecule has 1 unspecified atom stereocenters. The summed E-state index contributed by atoms with van der Waals surface area (Å²) in [5.41, 5.74) is 6.15. The number of amides is 1. The third kappa shape index (κ3) is 3.27. The minimum Gasteiger partial charge on any atom is -0.483 e. The lowest BCUT2D eigenvalue weighted by Crippen LogP contribution is -2.54. The minimum absolute atomic E-state index is 0.0397. The number of carbonyl (C=O) groups is 1. The second kappa shape index (κ2) is 5.52. The van der Waals surface area contributed by atoms with Gasteiger partial charge in [0.25, 0.3) is 0 Å². The molecule has 0 aliphatic carbocycles. The Bertz CT molecular complexity index is 778. The molecule has 3 rings (SSSR count). The molecule has 1 aromatic rings. The molecular formula is C15H22N4O4S. The summed E-state index contributed by atoms with van der Waals surface area (Å²) in [4.78, 5) is 15.3. The van der Waals surface area contributed by atoms with Crippen molar-refractivity contribution in [2.24, 2.45) is 5.73 Å². The summed E-state index contributed by atoms with van der Waals surface area (Å²) >= 11 is 0. The van der Waals surface area contributed by atoms with Gasteiger partial charge in [-0.15, -0.1) is 0 Å². The van der Waals surface area contributed by atoms with E-state index in [1.54, 1.807) is 18.2 Å². The summed E-state index contributed by atoms with van der Waals surface area (Å²) < 4.78 is 31.5. The maximum absolute atomic E-state index is 11.5. The monoisotopic (exact) mass is 354 g/mol. The first kappa shape index (κ1) is 16.8. The van der Waals surface area contributed by atoms with Crippen molar-refractivity contribution >= 4 is 27.3 Å². The van der Waals surface area contributed by atoms with Crippen molar-refractivity contribution in [3.63, 3.8) is 0 Å². The second-order valence-electron chi connectivity index (χ2n) is 6.87. The number of sulfonamides is 1. The van der Waals surface area contributed by atoms with Crippen molar-refractivity contribution in [1.29, 1.82) is 0 Å². The molecule has 0 spiro atoms. The number of fused-ring (bicyclic) bond motifs is 3. The molecule has 132 valence electrons. The van der Waals surface area contributed by atoms with Gasteiger partial charge in [-0.1, -0.05) is 0 Å². The summed E-state index contributed by atoms with van der Waals surface area (Å²) in [5, 5.41) is 0. The van der Waals surface area contributed by atoms with Gasteiger partial charge in [0.1, 0.15) is 11.4 Å². The molecule has 1 fully saturated rings.